The third-order valence-electron chi connectivity index (χ3n) is 1.09. The molecule has 0 radical (unpaired) electrons. The molecule has 0 aliphatic rings. The summed E-state index contributed by atoms with van der Waals surface area (Å²) in [6.07, 6.45) is 1.23. The highest BCUT2D eigenvalue weighted by atomic mass is 16.6. The normalized spacial score (nSPS) is 8.75. The minimum absolute atomic E-state index is 0.198. The second-order valence-corrected chi connectivity index (χ2v) is 1.94. The van der Waals surface area contributed by atoms with E-state index in [1.165, 1.54) is 18.3 Å². The number of hydrogen-bond acceptors (Lipinski definition) is 5. The first-order chi connectivity index (χ1) is 5.72. The molecule has 0 aromatic carbocycles. The highest BCUT2D eigenvalue weighted by molar-refractivity contribution is 6.33. The summed E-state index contributed by atoms with van der Waals surface area (Å²) in [6.45, 7) is 0. The molecule has 1 rings (SSSR count). The number of hydrogen-bond donors (Lipinski definition) is 2. The van der Waals surface area contributed by atoms with Crippen molar-refractivity contribution >= 4 is 7.32 Å². The maximum Gasteiger partial charge on any atom is 0.707 e. The van der Waals surface area contributed by atoms with Crippen molar-refractivity contribution in [2.75, 3.05) is 0 Å². The Morgan fingerprint density at radius 2 is 2.25 bits per heavy atom. The number of aromatic nitrogens is 1. The lowest BCUT2D eigenvalue weighted by atomic mass is 10.2. The van der Waals surface area contributed by atoms with Gasteiger partial charge in [0.05, 0.1) is 6.20 Å². The molecule has 2 N–H and O–H groups in total. The molecule has 12 heavy (non-hydrogen) atoms. The first kappa shape index (κ1) is 8.52. The van der Waals surface area contributed by atoms with Crippen LogP contribution in [0.2, 0.25) is 0 Å². The quantitative estimate of drug-likeness (QED) is 0.564. The molecule has 0 spiro atoms. The van der Waals surface area contributed by atoms with E-state index < -0.39 is 7.32 Å². The first-order valence-corrected chi connectivity index (χ1v) is 3.11. The summed E-state index contributed by atoms with van der Waals surface area (Å²) in [5, 5.41) is 25.1. The van der Waals surface area contributed by atoms with Gasteiger partial charge in [-0.25, -0.2) is 4.98 Å². The lowest BCUT2D eigenvalue weighted by Gasteiger charge is -2.01. The Hall–Kier alpha value is -1.58. The predicted octanol–water partition coefficient (Wildman–Crippen LogP) is -0.698. The fourth-order valence-corrected chi connectivity index (χ4v) is 0.638. The highest BCUT2D eigenvalue weighted by Crippen LogP contribution is 2.08. The van der Waals surface area contributed by atoms with E-state index in [1.807, 2.05) is 6.07 Å². The van der Waals surface area contributed by atoms with Gasteiger partial charge in [0.25, 0.3) is 0 Å². The summed E-state index contributed by atoms with van der Waals surface area (Å²) in [5.74, 6) is 0.198. The van der Waals surface area contributed by atoms with E-state index in [4.69, 9.17) is 15.3 Å². The zero-order valence-corrected chi connectivity index (χ0v) is 6.01. The monoisotopic (exact) mass is 164 g/mol. The molecular formula is C6H5BN2O3. The average Bonchev–Trinajstić information content (AvgIpc) is 2.05. The first-order valence-electron chi connectivity index (χ1n) is 3.11. The van der Waals surface area contributed by atoms with Crippen LogP contribution in [0.25, 0.3) is 0 Å². The van der Waals surface area contributed by atoms with E-state index in [1.54, 1.807) is 0 Å². The minimum Gasteiger partial charge on any atom is -0.511 e. The molecule has 0 unspecified atom stereocenters. The van der Waals surface area contributed by atoms with E-state index in [0.717, 1.165) is 0 Å². The van der Waals surface area contributed by atoms with Gasteiger partial charge >= 0.3 is 7.32 Å². The average molecular weight is 164 g/mol. The summed E-state index contributed by atoms with van der Waals surface area (Å²) in [6, 6.07) is 4.65. The molecule has 0 saturated heterocycles. The van der Waals surface area contributed by atoms with Crippen molar-refractivity contribution in [3.8, 4) is 11.8 Å². The van der Waals surface area contributed by atoms with E-state index in [9.17, 15) is 0 Å². The SMILES string of the molecule is N#Cc1ccc(OB(O)O)cn1. The molecule has 0 bridgehead atoms. The maximum atomic E-state index is 8.37. The molecule has 0 atom stereocenters. The zero-order chi connectivity index (χ0) is 8.97. The highest BCUT2D eigenvalue weighted by Gasteiger charge is 2.10. The number of pyridine rings is 1. The summed E-state index contributed by atoms with van der Waals surface area (Å²) in [4.78, 5) is 3.64. The van der Waals surface area contributed by atoms with Gasteiger partial charge < -0.3 is 14.7 Å². The zero-order valence-electron chi connectivity index (χ0n) is 6.01. The summed E-state index contributed by atoms with van der Waals surface area (Å²) >= 11 is 0. The molecule has 0 saturated carbocycles. The number of nitriles is 1. The van der Waals surface area contributed by atoms with Gasteiger partial charge in [0, 0.05) is 0 Å². The Morgan fingerprint density at radius 3 is 2.67 bits per heavy atom. The fraction of sp³-hybridized carbons (Fsp3) is 0. The van der Waals surface area contributed by atoms with E-state index in [0.29, 0.717) is 0 Å². The van der Waals surface area contributed by atoms with Crippen LogP contribution in [0.5, 0.6) is 5.75 Å². The smallest absolute Gasteiger partial charge is 0.511 e. The Kier molecular flexibility index (Phi) is 2.64. The third-order valence-corrected chi connectivity index (χ3v) is 1.09. The minimum atomic E-state index is -1.86. The molecule has 5 nitrogen and oxygen atoms in total. The van der Waals surface area contributed by atoms with Crippen molar-refractivity contribution in [2.24, 2.45) is 0 Å². The molecule has 1 heterocycles. The summed E-state index contributed by atoms with van der Waals surface area (Å²) in [5.41, 5.74) is 0.245. The molecular weight excluding hydrogens is 159 g/mol. The standard InChI is InChI=1S/C6H5BN2O3/c8-3-5-1-2-6(4-9-5)12-7(10)11/h1-2,4,10-11H. The molecule has 1 aromatic heterocycles. The topological polar surface area (TPSA) is 86.4 Å². The molecule has 60 valence electrons. The van der Waals surface area contributed by atoms with Gasteiger partial charge in [0.15, 0.2) is 0 Å². The molecule has 0 aliphatic carbocycles. The van der Waals surface area contributed by atoms with Gasteiger partial charge in [-0.1, -0.05) is 0 Å². The van der Waals surface area contributed by atoms with Crippen molar-refractivity contribution in [1.82, 2.24) is 4.98 Å². The number of rotatable bonds is 2. The Balaban J connectivity index is 2.73. The van der Waals surface area contributed by atoms with E-state index in [-0.39, 0.29) is 11.4 Å². The maximum absolute atomic E-state index is 8.37. The molecule has 0 amide bonds. The van der Waals surface area contributed by atoms with Gasteiger partial charge in [-0.3, -0.25) is 0 Å². The second kappa shape index (κ2) is 3.71. The van der Waals surface area contributed by atoms with Crippen LogP contribution in [-0.2, 0) is 0 Å². The largest absolute Gasteiger partial charge is 0.707 e. The molecule has 0 aliphatic heterocycles. The van der Waals surface area contributed by atoms with Crippen LogP contribution in [0, 0.1) is 11.3 Å². The summed E-state index contributed by atoms with van der Waals surface area (Å²) in [7, 11) is -1.86. The van der Waals surface area contributed by atoms with Crippen molar-refractivity contribution < 1.29 is 14.7 Å². The Morgan fingerprint density at radius 1 is 1.50 bits per heavy atom. The van der Waals surface area contributed by atoms with Crippen molar-refractivity contribution in [2.45, 2.75) is 0 Å². The predicted molar refractivity (Wildman–Crippen MR) is 39.8 cm³/mol. The number of nitrogens with zero attached hydrogens (tertiary/aromatic N) is 2. The molecule has 0 fully saturated rings. The van der Waals surface area contributed by atoms with Crippen molar-refractivity contribution in [3.63, 3.8) is 0 Å². The van der Waals surface area contributed by atoms with Crippen molar-refractivity contribution in [1.29, 1.82) is 5.26 Å². The van der Waals surface area contributed by atoms with Gasteiger partial charge in [0.1, 0.15) is 17.5 Å². The Labute approximate surface area is 69.0 Å². The van der Waals surface area contributed by atoms with Crippen LogP contribution < -0.4 is 4.65 Å². The van der Waals surface area contributed by atoms with Gasteiger partial charge in [-0.2, -0.15) is 5.26 Å². The fourth-order valence-electron chi connectivity index (χ4n) is 0.638. The lowest BCUT2D eigenvalue weighted by Crippen LogP contribution is -2.20. The molecule has 6 heteroatoms. The van der Waals surface area contributed by atoms with E-state index in [2.05, 4.69) is 9.64 Å². The lowest BCUT2D eigenvalue weighted by molar-refractivity contribution is 0.287. The van der Waals surface area contributed by atoms with Gasteiger partial charge in [-0.05, 0) is 12.1 Å². The van der Waals surface area contributed by atoms with Crippen LogP contribution in [0.15, 0.2) is 18.3 Å². The molecule has 1 aromatic rings. The van der Waals surface area contributed by atoms with Crippen LogP contribution in [0.4, 0.5) is 0 Å². The third kappa shape index (κ3) is 2.23. The van der Waals surface area contributed by atoms with Gasteiger partial charge in [-0.15, -0.1) is 0 Å². The van der Waals surface area contributed by atoms with Crippen molar-refractivity contribution in [3.05, 3.63) is 24.0 Å². The van der Waals surface area contributed by atoms with Gasteiger partial charge in [0.2, 0.25) is 0 Å². The Bertz CT molecular complexity index is 293. The van der Waals surface area contributed by atoms with Crippen LogP contribution in [0.3, 0.4) is 0 Å². The van der Waals surface area contributed by atoms with Crippen LogP contribution in [-0.4, -0.2) is 22.4 Å². The van der Waals surface area contributed by atoms with Crippen LogP contribution in [0.1, 0.15) is 5.69 Å². The van der Waals surface area contributed by atoms with Crippen LogP contribution >= 0.6 is 0 Å². The summed E-state index contributed by atoms with van der Waals surface area (Å²) < 4.78 is 4.45. The van der Waals surface area contributed by atoms with E-state index >= 15 is 0 Å². The second-order valence-electron chi connectivity index (χ2n) is 1.94.